The average molecular weight is 435 g/mol. The molecule has 6 nitrogen and oxygen atoms in total. The Kier molecular flexibility index (Phi) is 12.8. The Bertz CT molecular complexity index is 636. The first-order valence-corrected chi connectivity index (χ1v) is 8.07. The summed E-state index contributed by atoms with van der Waals surface area (Å²) < 4.78 is 43.5. The van der Waals surface area contributed by atoms with Crippen molar-refractivity contribution in [2.75, 3.05) is 7.11 Å². The van der Waals surface area contributed by atoms with Crippen molar-refractivity contribution in [1.82, 2.24) is 10.3 Å². The number of aromatic nitrogens is 1. The molecule has 0 unspecified atom stereocenters. The molecule has 10 heteroatoms. The van der Waals surface area contributed by atoms with Crippen molar-refractivity contribution in [3.05, 3.63) is 43.0 Å². The molecule has 1 fully saturated rings. The standard InChI is InChI=1S/C18H21F3N2O2.2H2O.Sc/c1-4-11(2)22-16(24)14-9-10-15(23-17(14)25-3)12-5-7-13(8-6-12)18(19,20)21;;;/h1,4,9-13H,2,5-8H2,3H3,(H,22,24);2*1H2;/q-2;;;/t11-,12?,13?;;;/m0.../s1. The fourth-order valence-electron chi connectivity index (χ4n) is 3.02. The molecular formula is C18H25F3N2O4Sc-2. The van der Waals surface area contributed by atoms with Crippen LogP contribution in [0.2, 0.25) is 0 Å². The minimum absolute atomic E-state index is 0. The monoisotopic (exact) mass is 435 g/mol. The van der Waals surface area contributed by atoms with E-state index in [1.807, 2.05) is 0 Å². The zero-order chi connectivity index (χ0) is 18.6. The third-order valence-electron chi connectivity index (χ3n) is 4.48. The summed E-state index contributed by atoms with van der Waals surface area (Å²) >= 11 is 0. The molecule has 1 saturated carbocycles. The molecule has 1 aromatic heterocycles. The van der Waals surface area contributed by atoms with E-state index in [1.54, 1.807) is 12.1 Å². The zero-order valence-corrected chi connectivity index (χ0v) is 17.4. The number of rotatable bonds is 5. The normalized spacial score (nSPS) is 19.8. The maximum Gasteiger partial charge on any atom is 0.391 e. The van der Waals surface area contributed by atoms with Crippen molar-refractivity contribution in [3.8, 4) is 5.88 Å². The number of nitrogens with zero attached hydrogens (tertiary/aromatic N) is 1. The predicted octanol–water partition coefficient (Wildman–Crippen LogP) is 2.20. The van der Waals surface area contributed by atoms with Gasteiger partial charge in [-0.2, -0.15) is 13.2 Å². The van der Waals surface area contributed by atoms with E-state index in [0.717, 1.165) is 0 Å². The Morgan fingerprint density at radius 2 is 1.89 bits per heavy atom. The Labute approximate surface area is 181 Å². The van der Waals surface area contributed by atoms with Crippen LogP contribution in [0.3, 0.4) is 0 Å². The average Bonchev–Trinajstić information content (AvgIpc) is 2.60. The minimum atomic E-state index is -4.14. The maximum absolute atomic E-state index is 12.8. The van der Waals surface area contributed by atoms with E-state index in [1.165, 1.54) is 13.2 Å². The van der Waals surface area contributed by atoms with E-state index in [0.29, 0.717) is 18.5 Å². The van der Waals surface area contributed by atoms with Crippen LogP contribution in [0.25, 0.3) is 0 Å². The van der Waals surface area contributed by atoms with Gasteiger partial charge in [0.05, 0.1) is 13.0 Å². The zero-order valence-electron chi connectivity index (χ0n) is 15.6. The number of hydrogen-bond acceptors (Lipinski definition) is 3. The van der Waals surface area contributed by atoms with Crippen LogP contribution in [0.4, 0.5) is 13.2 Å². The van der Waals surface area contributed by atoms with Gasteiger partial charge in [0.15, 0.2) is 0 Å². The SMILES string of the molecule is O.O.[CH-]=C[C@H]([CH2-])NC(=O)c1ccc(C2CCC(C(F)(F)F)CC2)nc1OC.[Sc]. The summed E-state index contributed by atoms with van der Waals surface area (Å²) in [6.07, 6.45) is -1.89. The number of pyridine rings is 1. The van der Waals surface area contributed by atoms with Gasteiger partial charge in [0, 0.05) is 37.5 Å². The molecule has 28 heavy (non-hydrogen) atoms. The second-order valence-corrected chi connectivity index (χ2v) is 6.16. The second kappa shape index (κ2) is 12.3. The molecule has 0 spiro atoms. The molecule has 5 N–H and O–H groups in total. The third-order valence-corrected chi connectivity index (χ3v) is 4.48. The summed E-state index contributed by atoms with van der Waals surface area (Å²) in [4.78, 5) is 16.5. The first-order valence-electron chi connectivity index (χ1n) is 8.07. The van der Waals surface area contributed by atoms with Crippen LogP contribution in [0.1, 0.15) is 47.7 Å². The summed E-state index contributed by atoms with van der Waals surface area (Å²) in [6.45, 7) is 8.93. The van der Waals surface area contributed by atoms with Crippen molar-refractivity contribution >= 4 is 5.91 Å². The first-order chi connectivity index (χ1) is 11.8. The third kappa shape index (κ3) is 7.29. The minimum Gasteiger partial charge on any atom is -0.519 e. The van der Waals surface area contributed by atoms with Crippen LogP contribution >= 0.6 is 0 Å². The molecule has 1 aliphatic rings. The summed E-state index contributed by atoms with van der Waals surface area (Å²) in [6, 6.07) is 2.67. The van der Waals surface area contributed by atoms with Gasteiger partial charge < -0.3 is 34.5 Å². The van der Waals surface area contributed by atoms with Gasteiger partial charge >= 0.3 is 6.18 Å². The first kappa shape index (κ1) is 28.9. The molecule has 1 heterocycles. The number of carbonyl (C=O) groups is 1. The van der Waals surface area contributed by atoms with Crippen LogP contribution in [0.15, 0.2) is 18.2 Å². The van der Waals surface area contributed by atoms with Gasteiger partial charge in [-0.15, -0.1) is 6.04 Å². The van der Waals surface area contributed by atoms with Crippen molar-refractivity contribution < 1.29 is 59.5 Å². The van der Waals surface area contributed by atoms with Gasteiger partial charge in [-0.25, -0.2) is 4.98 Å². The van der Waals surface area contributed by atoms with Crippen molar-refractivity contribution in [3.63, 3.8) is 0 Å². The quantitative estimate of drug-likeness (QED) is 0.715. The molecule has 0 aliphatic heterocycles. The molecule has 0 saturated heterocycles. The number of ether oxygens (including phenoxy) is 1. The fourth-order valence-corrected chi connectivity index (χ4v) is 3.02. The van der Waals surface area contributed by atoms with E-state index in [-0.39, 0.29) is 67.0 Å². The van der Waals surface area contributed by atoms with E-state index >= 15 is 0 Å². The van der Waals surface area contributed by atoms with Gasteiger partial charge in [0.25, 0.3) is 5.91 Å². The number of amides is 1. The molecule has 157 valence electrons. The molecule has 0 bridgehead atoms. The van der Waals surface area contributed by atoms with Gasteiger partial charge in [0.2, 0.25) is 5.88 Å². The number of methoxy groups -OCH3 is 1. The van der Waals surface area contributed by atoms with Gasteiger partial charge in [-0.05, 0) is 37.8 Å². The summed E-state index contributed by atoms with van der Waals surface area (Å²) in [5, 5.41) is 2.57. The Balaban J connectivity index is 0. The smallest absolute Gasteiger partial charge is 0.391 e. The molecule has 2 rings (SSSR count). The molecule has 1 amide bonds. The van der Waals surface area contributed by atoms with Crippen molar-refractivity contribution in [1.29, 1.82) is 0 Å². The Morgan fingerprint density at radius 1 is 1.32 bits per heavy atom. The van der Waals surface area contributed by atoms with Crippen LogP contribution in [-0.2, 0) is 25.8 Å². The molecule has 1 aromatic rings. The van der Waals surface area contributed by atoms with Crippen LogP contribution < -0.4 is 10.1 Å². The number of alkyl halides is 3. The number of halogens is 3. The van der Waals surface area contributed by atoms with Crippen molar-refractivity contribution in [2.24, 2.45) is 5.92 Å². The molecule has 1 radical (unpaired) electrons. The van der Waals surface area contributed by atoms with Gasteiger partial charge in [-0.3, -0.25) is 10.9 Å². The Morgan fingerprint density at radius 3 is 2.36 bits per heavy atom. The van der Waals surface area contributed by atoms with E-state index in [9.17, 15) is 18.0 Å². The number of carbonyl (C=O) groups excluding carboxylic acids is 1. The molecular weight excluding hydrogens is 410 g/mol. The predicted molar refractivity (Wildman–Crippen MR) is 94.3 cm³/mol. The van der Waals surface area contributed by atoms with Crippen molar-refractivity contribution in [2.45, 2.75) is 43.8 Å². The maximum atomic E-state index is 12.8. The number of hydrogen-bond donors (Lipinski definition) is 1. The fraction of sp³-hybridized carbons (Fsp3) is 0.500. The van der Waals surface area contributed by atoms with Crippen LogP contribution in [-0.4, -0.2) is 41.2 Å². The largest absolute Gasteiger partial charge is 0.519 e. The van der Waals surface area contributed by atoms with E-state index in [4.69, 9.17) is 11.3 Å². The van der Waals surface area contributed by atoms with Gasteiger partial charge in [-0.1, -0.05) is 0 Å². The van der Waals surface area contributed by atoms with Crippen LogP contribution in [0, 0.1) is 19.4 Å². The number of nitrogens with one attached hydrogen (secondary N) is 1. The summed E-state index contributed by atoms with van der Waals surface area (Å²) in [7, 11) is 1.39. The molecule has 1 atom stereocenters. The second-order valence-electron chi connectivity index (χ2n) is 6.16. The molecule has 0 aromatic carbocycles. The van der Waals surface area contributed by atoms with E-state index in [2.05, 4.69) is 17.2 Å². The Hall–Kier alpha value is -1.26. The topological polar surface area (TPSA) is 114 Å². The van der Waals surface area contributed by atoms with Crippen LogP contribution in [0.5, 0.6) is 5.88 Å². The van der Waals surface area contributed by atoms with Gasteiger partial charge in [0.1, 0.15) is 5.56 Å². The van der Waals surface area contributed by atoms with E-state index < -0.39 is 24.0 Å². The molecule has 1 aliphatic carbocycles. The summed E-state index contributed by atoms with van der Waals surface area (Å²) in [5.74, 6) is -1.60. The summed E-state index contributed by atoms with van der Waals surface area (Å²) in [5.41, 5.74) is 0.872.